The van der Waals surface area contributed by atoms with Crippen LogP contribution in [0.25, 0.3) is 0 Å². The summed E-state index contributed by atoms with van der Waals surface area (Å²) in [5.41, 5.74) is 1.58. The fourth-order valence-electron chi connectivity index (χ4n) is 2.82. The van der Waals surface area contributed by atoms with Crippen molar-refractivity contribution in [3.63, 3.8) is 0 Å². The summed E-state index contributed by atoms with van der Waals surface area (Å²) < 4.78 is 0. The quantitative estimate of drug-likeness (QED) is 0.708. The number of rotatable bonds is 1. The van der Waals surface area contributed by atoms with Crippen LogP contribution >= 0.6 is 0 Å². The van der Waals surface area contributed by atoms with Crippen molar-refractivity contribution in [3.05, 3.63) is 17.5 Å². The summed E-state index contributed by atoms with van der Waals surface area (Å²) in [7, 11) is 0. The first-order valence-corrected chi connectivity index (χ1v) is 5.79. The summed E-state index contributed by atoms with van der Waals surface area (Å²) >= 11 is 0. The van der Waals surface area contributed by atoms with E-state index >= 15 is 0 Å². The van der Waals surface area contributed by atoms with Gasteiger partial charge in [-0.1, -0.05) is 0 Å². The van der Waals surface area contributed by atoms with E-state index in [0.717, 1.165) is 31.7 Å². The normalized spacial score (nSPS) is 28.4. The molecule has 2 atom stereocenters. The summed E-state index contributed by atoms with van der Waals surface area (Å²) in [4.78, 5) is 14.3. The van der Waals surface area contributed by atoms with Crippen molar-refractivity contribution < 1.29 is 4.79 Å². The first-order valence-electron chi connectivity index (χ1n) is 5.79. The lowest BCUT2D eigenvalue weighted by atomic mass is 10.0. The molecule has 1 aromatic heterocycles. The lowest BCUT2D eigenvalue weighted by Gasteiger charge is -2.23. The molecule has 3 heterocycles. The number of aromatic amines is 1. The molecule has 5 nitrogen and oxygen atoms in total. The largest absolute Gasteiger partial charge is 0.334 e. The van der Waals surface area contributed by atoms with E-state index in [0.29, 0.717) is 17.5 Å². The molecular formula is C11H16N4O. The molecule has 2 fully saturated rings. The summed E-state index contributed by atoms with van der Waals surface area (Å²) in [6, 6.07) is 0.391. The van der Waals surface area contributed by atoms with Gasteiger partial charge in [0.15, 0.2) is 0 Å². The predicted octanol–water partition coefficient (Wildman–Crippen LogP) is 0.152. The zero-order valence-electron chi connectivity index (χ0n) is 9.36. The van der Waals surface area contributed by atoms with Crippen LogP contribution in [-0.2, 0) is 0 Å². The molecule has 0 aromatic carbocycles. The van der Waals surface area contributed by atoms with Gasteiger partial charge in [-0.25, -0.2) is 0 Å². The minimum Gasteiger partial charge on any atom is -0.334 e. The van der Waals surface area contributed by atoms with Crippen LogP contribution in [0.4, 0.5) is 0 Å². The van der Waals surface area contributed by atoms with Crippen LogP contribution in [0.2, 0.25) is 0 Å². The van der Waals surface area contributed by atoms with Crippen molar-refractivity contribution in [2.45, 2.75) is 19.4 Å². The van der Waals surface area contributed by atoms with Crippen LogP contribution in [-0.4, -0.2) is 46.7 Å². The number of carbonyl (C=O) groups is 1. The van der Waals surface area contributed by atoms with Crippen LogP contribution in [0.5, 0.6) is 0 Å². The summed E-state index contributed by atoms with van der Waals surface area (Å²) in [6.45, 7) is 4.77. The molecular weight excluding hydrogens is 204 g/mol. The Bertz CT molecular complexity index is 414. The number of aromatic nitrogens is 2. The molecule has 3 rings (SSSR count). The molecule has 0 spiro atoms. The number of nitrogens with zero attached hydrogens (tertiary/aromatic N) is 2. The molecule has 0 saturated carbocycles. The second-order valence-electron chi connectivity index (χ2n) is 4.68. The minimum atomic E-state index is 0.127. The molecule has 2 aliphatic heterocycles. The first kappa shape index (κ1) is 9.84. The van der Waals surface area contributed by atoms with E-state index in [1.165, 1.54) is 0 Å². The van der Waals surface area contributed by atoms with Crippen LogP contribution in [0.1, 0.15) is 22.5 Å². The third kappa shape index (κ3) is 1.35. The van der Waals surface area contributed by atoms with Gasteiger partial charge >= 0.3 is 0 Å². The summed E-state index contributed by atoms with van der Waals surface area (Å²) in [5.74, 6) is 0.776. The molecule has 0 radical (unpaired) electrons. The maximum absolute atomic E-state index is 12.3. The molecule has 0 aliphatic carbocycles. The molecule has 1 aromatic rings. The number of nitrogens with one attached hydrogen (secondary N) is 2. The van der Waals surface area contributed by atoms with Crippen molar-refractivity contribution >= 4 is 5.91 Å². The maximum Gasteiger partial charge on any atom is 0.257 e. The SMILES string of the molecule is Cc1[nH]ncc1C(=O)N1CC[C@H]2CNC[C@H]21. The zero-order valence-corrected chi connectivity index (χ0v) is 9.36. The summed E-state index contributed by atoms with van der Waals surface area (Å²) in [6.07, 6.45) is 2.76. The molecule has 0 unspecified atom stereocenters. The van der Waals surface area contributed by atoms with Crippen molar-refractivity contribution in [1.29, 1.82) is 0 Å². The number of fused-ring (bicyclic) bond motifs is 1. The van der Waals surface area contributed by atoms with Crippen LogP contribution < -0.4 is 5.32 Å². The van der Waals surface area contributed by atoms with Gasteiger partial charge in [0.05, 0.1) is 11.8 Å². The molecule has 2 aliphatic rings. The standard InChI is InChI=1S/C11H16N4O/c1-7-9(5-13-14-7)11(16)15-3-2-8-4-12-6-10(8)15/h5,8,10,12H,2-4,6H2,1H3,(H,13,14)/t8-,10+/m0/s1. The number of hydrogen-bond acceptors (Lipinski definition) is 3. The Labute approximate surface area is 94.2 Å². The lowest BCUT2D eigenvalue weighted by molar-refractivity contribution is 0.0736. The number of likely N-dealkylation sites (tertiary alicyclic amines) is 1. The van der Waals surface area contributed by atoms with Crippen molar-refractivity contribution in [2.24, 2.45) is 5.92 Å². The van der Waals surface area contributed by atoms with Gasteiger partial charge in [-0.05, 0) is 19.3 Å². The van der Waals surface area contributed by atoms with E-state index in [4.69, 9.17) is 0 Å². The summed E-state index contributed by atoms with van der Waals surface area (Å²) in [5, 5.41) is 10.1. The molecule has 1 amide bonds. The van der Waals surface area contributed by atoms with E-state index in [9.17, 15) is 4.79 Å². The Hall–Kier alpha value is -1.36. The third-order valence-electron chi connectivity index (χ3n) is 3.77. The average Bonchev–Trinajstić information content (AvgIpc) is 2.90. The fraction of sp³-hybridized carbons (Fsp3) is 0.636. The molecule has 16 heavy (non-hydrogen) atoms. The highest BCUT2D eigenvalue weighted by atomic mass is 16.2. The molecule has 2 N–H and O–H groups in total. The number of aryl methyl sites for hydroxylation is 1. The van der Waals surface area contributed by atoms with E-state index < -0.39 is 0 Å². The van der Waals surface area contributed by atoms with Crippen molar-refractivity contribution in [2.75, 3.05) is 19.6 Å². The van der Waals surface area contributed by atoms with Gasteiger partial charge in [0.1, 0.15) is 0 Å². The fourth-order valence-corrected chi connectivity index (χ4v) is 2.82. The number of carbonyl (C=O) groups excluding carboxylic acids is 1. The van der Waals surface area contributed by atoms with Gasteiger partial charge in [0, 0.05) is 31.4 Å². The molecule has 5 heteroatoms. The van der Waals surface area contributed by atoms with Gasteiger partial charge in [-0.2, -0.15) is 5.10 Å². The highest BCUT2D eigenvalue weighted by molar-refractivity contribution is 5.95. The highest BCUT2D eigenvalue weighted by Gasteiger charge is 2.40. The molecule has 2 saturated heterocycles. The van der Waals surface area contributed by atoms with Crippen molar-refractivity contribution in [1.82, 2.24) is 20.4 Å². The second kappa shape index (κ2) is 3.59. The minimum absolute atomic E-state index is 0.127. The van der Waals surface area contributed by atoms with E-state index in [-0.39, 0.29) is 5.91 Å². The first-order chi connectivity index (χ1) is 7.77. The Kier molecular flexibility index (Phi) is 2.21. The van der Waals surface area contributed by atoms with Gasteiger partial charge in [-0.3, -0.25) is 9.89 Å². The lowest BCUT2D eigenvalue weighted by Crippen LogP contribution is -2.39. The van der Waals surface area contributed by atoms with Gasteiger partial charge in [0.2, 0.25) is 0 Å². The van der Waals surface area contributed by atoms with Gasteiger partial charge in [0.25, 0.3) is 5.91 Å². The Morgan fingerprint density at radius 2 is 2.44 bits per heavy atom. The average molecular weight is 220 g/mol. The van der Waals surface area contributed by atoms with Crippen LogP contribution in [0, 0.1) is 12.8 Å². The third-order valence-corrected chi connectivity index (χ3v) is 3.77. The van der Waals surface area contributed by atoms with Gasteiger partial charge in [-0.15, -0.1) is 0 Å². The van der Waals surface area contributed by atoms with E-state index in [1.54, 1.807) is 6.20 Å². The predicted molar refractivity (Wildman–Crippen MR) is 59.1 cm³/mol. The van der Waals surface area contributed by atoms with E-state index in [2.05, 4.69) is 15.5 Å². The Morgan fingerprint density at radius 3 is 3.19 bits per heavy atom. The number of amides is 1. The highest BCUT2D eigenvalue weighted by Crippen LogP contribution is 2.28. The second-order valence-corrected chi connectivity index (χ2v) is 4.68. The maximum atomic E-state index is 12.3. The van der Waals surface area contributed by atoms with Crippen LogP contribution in [0.15, 0.2) is 6.20 Å². The van der Waals surface area contributed by atoms with E-state index in [1.807, 2.05) is 11.8 Å². The smallest absolute Gasteiger partial charge is 0.257 e. The van der Waals surface area contributed by atoms with Crippen molar-refractivity contribution in [3.8, 4) is 0 Å². The van der Waals surface area contributed by atoms with Gasteiger partial charge < -0.3 is 10.2 Å². The number of H-pyrrole nitrogens is 1. The topological polar surface area (TPSA) is 61.0 Å². The molecule has 86 valence electrons. The monoisotopic (exact) mass is 220 g/mol. The number of hydrogen-bond donors (Lipinski definition) is 2. The zero-order chi connectivity index (χ0) is 11.1. The Morgan fingerprint density at radius 1 is 1.56 bits per heavy atom. The molecule has 0 bridgehead atoms. The van der Waals surface area contributed by atoms with Crippen LogP contribution in [0.3, 0.4) is 0 Å². The Balaban J connectivity index is 1.83.